The van der Waals surface area contributed by atoms with Crippen LogP contribution in [0.25, 0.3) is 11.4 Å². The summed E-state index contributed by atoms with van der Waals surface area (Å²) in [4.78, 5) is 28.1. The van der Waals surface area contributed by atoms with Crippen LogP contribution < -0.4 is 5.32 Å². The summed E-state index contributed by atoms with van der Waals surface area (Å²) in [6, 6.07) is 16.4. The van der Waals surface area contributed by atoms with E-state index >= 15 is 0 Å². The van der Waals surface area contributed by atoms with E-state index in [1.807, 2.05) is 36.4 Å². The van der Waals surface area contributed by atoms with Crippen LogP contribution in [0.2, 0.25) is 0 Å². The van der Waals surface area contributed by atoms with Crippen LogP contribution in [0.5, 0.6) is 0 Å². The molecule has 1 heterocycles. The molecule has 0 bridgehead atoms. The molecule has 0 fully saturated rings. The number of carbonyl (C=O) groups excluding carboxylic acids is 1. The molecule has 1 atom stereocenters. The van der Waals surface area contributed by atoms with Crippen molar-refractivity contribution in [3.8, 4) is 11.4 Å². The minimum atomic E-state index is -0.986. The second-order valence-corrected chi connectivity index (χ2v) is 6.30. The maximum Gasteiger partial charge on any atom is 0.307 e. The molecule has 0 saturated heterocycles. The number of nitrogens with one attached hydrogen (secondary N) is 1. The van der Waals surface area contributed by atoms with E-state index in [-0.39, 0.29) is 12.3 Å². The van der Waals surface area contributed by atoms with Crippen LogP contribution in [0, 0.1) is 5.92 Å². The largest absolute Gasteiger partial charge is 0.481 e. The average molecular weight is 364 g/mol. The van der Waals surface area contributed by atoms with Crippen molar-refractivity contribution in [3.05, 3.63) is 66.5 Å². The summed E-state index contributed by atoms with van der Waals surface area (Å²) in [7, 11) is 1.78. The summed E-state index contributed by atoms with van der Waals surface area (Å²) in [6.07, 6.45) is 1.80. The predicted molar refractivity (Wildman–Crippen MR) is 101 cm³/mol. The molecule has 27 heavy (non-hydrogen) atoms. The minimum absolute atomic E-state index is 0.101. The van der Waals surface area contributed by atoms with Gasteiger partial charge < -0.3 is 10.4 Å². The maximum atomic E-state index is 12.4. The Morgan fingerprint density at radius 2 is 1.93 bits per heavy atom. The van der Waals surface area contributed by atoms with Crippen molar-refractivity contribution in [1.82, 2.24) is 14.8 Å². The van der Waals surface area contributed by atoms with E-state index in [1.165, 1.54) is 0 Å². The lowest BCUT2D eigenvalue weighted by Gasteiger charge is -2.13. The van der Waals surface area contributed by atoms with Crippen LogP contribution in [0.4, 0.5) is 5.69 Å². The van der Waals surface area contributed by atoms with Gasteiger partial charge in [0.2, 0.25) is 5.91 Å². The number of carbonyl (C=O) groups is 2. The monoisotopic (exact) mass is 364 g/mol. The molecule has 0 aliphatic rings. The molecule has 0 radical (unpaired) electrons. The summed E-state index contributed by atoms with van der Waals surface area (Å²) in [6.45, 7) is 0. The predicted octanol–water partition coefficient (Wildman–Crippen LogP) is 2.75. The zero-order valence-corrected chi connectivity index (χ0v) is 14.9. The van der Waals surface area contributed by atoms with E-state index in [0.29, 0.717) is 17.9 Å². The normalized spacial score (nSPS) is 11.7. The van der Waals surface area contributed by atoms with Gasteiger partial charge in [0, 0.05) is 24.7 Å². The van der Waals surface area contributed by atoms with Crippen molar-refractivity contribution in [3.63, 3.8) is 0 Å². The van der Waals surface area contributed by atoms with Crippen molar-refractivity contribution in [1.29, 1.82) is 0 Å². The molecule has 7 nitrogen and oxygen atoms in total. The lowest BCUT2D eigenvalue weighted by Crippen LogP contribution is -2.24. The first-order valence-electron chi connectivity index (χ1n) is 8.54. The van der Waals surface area contributed by atoms with Crippen LogP contribution in [-0.2, 0) is 23.1 Å². The zero-order chi connectivity index (χ0) is 19.2. The number of aromatic nitrogens is 3. The molecule has 0 spiro atoms. The quantitative estimate of drug-likeness (QED) is 0.672. The van der Waals surface area contributed by atoms with E-state index in [9.17, 15) is 14.7 Å². The van der Waals surface area contributed by atoms with Gasteiger partial charge in [-0.2, -0.15) is 5.10 Å². The first-order valence-corrected chi connectivity index (χ1v) is 8.54. The van der Waals surface area contributed by atoms with Gasteiger partial charge in [-0.1, -0.05) is 42.5 Å². The third-order valence-corrected chi connectivity index (χ3v) is 4.11. The molecular formula is C20H20N4O3. The van der Waals surface area contributed by atoms with Gasteiger partial charge in [0.15, 0.2) is 5.82 Å². The number of carboxylic acids is 1. The summed E-state index contributed by atoms with van der Waals surface area (Å²) >= 11 is 0. The van der Waals surface area contributed by atoms with Crippen LogP contribution in [0.3, 0.4) is 0 Å². The SMILES string of the molecule is Cn1cnc(-c2cccc(NC(=O)CC(Cc3ccccc3)C(=O)O)c2)n1. The highest BCUT2D eigenvalue weighted by molar-refractivity contribution is 5.93. The fourth-order valence-electron chi connectivity index (χ4n) is 2.79. The third-order valence-electron chi connectivity index (χ3n) is 4.11. The molecule has 1 aromatic heterocycles. The Bertz CT molecular complexity index is 937. The van der Waals surface area contributed by atoms with Gasteiger partial charge in [-0.15, -0.1) is 0 Å². The Morgan fingerprint density at radius 1 is 1.15 bits per heavy atom. The van der Waals surface area contributed by atoms with Crippen LogP contribution >= 0.6 is 0 Å². The van der Waals surface area contributed by atoms with Gasteiger partial charge in [0.25, 0.3) is 0 Å². The highest BCUT2D eigenvalue weighted by Crippen LogP contribution is 2.20. The van der Waals surface area contributed by atoms with Gasteiger partial charge in [0.1, 0.15) is 6.33 Å². The van der Waals surface area contributed by atoms with Gasteiger partial charge in [-0.3, -0.25) is 14.3 Å². The number of rotatable bonds is 7. The van der Waals surface area contributed by atoms with E-state index < -0.39 is 11.9 Å². The summed E-state index contributed by atoms with van der Waals surface area (Å²) in [5.74, 6) is -1.56. The van der Waals surface area contributed by atoms with Crippen molar-refractivity contribution in [2.75, 3.05) is 5.32 Å². The highest BCUT2D eigenvalue weighted by atomic mass is 16.4. The molecule has 1 amide bonds. The Kier molecular flexibility index (Phi) is 5.61. The molecule has 0 aliphatic heterocycles. The van der Waals surface area contributed by atoms with E-state index in [0.717, 1.165) is 11.1 Å². The fraction of sp³-hybridized carbons (Fsp3) is 0.200. The molecule has 3 rings (SSSR count). The summed E-state index contributed by atoms with van der Waals surface area (Å²) in [5, 5.41) is 16.4. The van der Waals surface area contributed by atoms with Crippen LogP contribution in [0.1, 0.15) is 12.0 Å². The number of benzene rings is 2. The van der Waals surface area contributed by atoms with E-state index in [2.05, 4.69) is 15.4 Å². The van der Waals surface area contributed by atoms with Crippen LogP contribution in [0.15, 0.2) is 60.9 Å². The summed E-state index contributed by atoms with van der Waals surface area (Å²) in [5.41, 5.74) is 2.24. The molecule has 138 valence electrons. The number of amides is 1. The first kappa shape index (κ1) is 18.3. The Balaban J connectivity index is 1.66. The molecule has 0 saturated carbocycles. The molecule has 1 unspecified atom stereocenters. The zero-order valence-electron chi connectivity index (χ0n) is 14.9. The number of aryl methyl sites for hydroxylation is 1. The van der Waals surface area contributed by atoms with Gasteiger partial charge in [-0.25, -0.2) is 4.98 Å². The van der Waals surface area contributed by atoms with Crippen LogP contribution in [-0.4, -0.2) is 31.7 Å². The number of hydrogen-bond donors (Lipinski definition) is 2. The Labute approximate surface area is 156 Å². The number of anilines is 1. The van der Waals surface area contributed by atoms with Crippen molar-refractivity contribution in [2.24, 2.45) is 13.0 Å². The van der Waals surface area contributed by atoms with Gasteiger partial charge >= 0.3 is 5.97 Å². The third kappa shape index (κ3) is 5.01. The van der Waals surface area contributed by atoms with Crippen molar-refractivity contribution < 1.29 is 14.7 Å². The Morgan fingerprint density at radius 3 is 2.59 bits per heavy atom. The van der Waals surface area contributed by atoms with E-state index in [4.69, 9.17) is 0 Å². The molecule has 0 aliphatic carbocycles. The second-order valence-electron chi connectivity index (χ2n) is 6.30. The summed E-state index contributed by atoms with van der Waals surface area (Å²) < 4.78 is 1.60. The van der Waals surface area contributed by atoms with Crippen molar-refractivity contribution >= 4 is 17.6 Å². The highest BCUT2D eigenvalue weighted by Gasteiger charge is 2.22. The maximum absolute atomic E-state index is 12.4. The second kappa shape index (κ2) is 8.27. The number of hydrogen-bond acceptors (Lipinski definition) is 4. The Hall–Kier alpha value is -3.48. The minimum Gasteiger partial charge on any atom is -0.481 e. The number of carboxylic acid groups (broad SMARTS) is 1. The standard InChI is InChI=1S/C20H20N4O3/c1-24-13-21-19(23-24)15-8-5-9-17(11-15)22-18(25)12-16(20(26)27)10-14-6-3-2-4-7-14/h2-9,11,13,16H,10,12H2,1H3,(H,22,25)(H,26,27). The van der Waals surface area contributed by atoms with Gasteiger partial charge in [0.05, 0.1) is 5.92 Å². The topological polar surface area (TPSA) is 97.1 Å². The molecular weight excluding hydrogens is 344 g/mol. The van der Waals surface area contributed by atoms with Gasteiger partial charge in [-0.05, 0) is 24.1 Å². The lowest BCUT2D eigenvalue weighted by atomic mass is 9.96. The molecule has 7 heteroatoms. The van der Waals surface area contributed by atoms with E-state index in [1.54, 1.807) is 36.3 Å². The number of nitrogens with zero attached hydrogens (tertiary/aromatic N) is 3. The number of aliphatic carboxylic acids is 1. The molecule has 2 N–H and O–H groups in total. The molecule has 2 aromatic carbocycles. The smallest absolute Gasteiger partial charge is 0.307 e. The molecule has 3 aromatic rings. The fourth-order valence-corrected chi connectivity index (χ4v) is 2.79. The first-order chi connectivity index (χ1) is 13.0. The average Bonchev–Trinajstić information content (AvgIpc) is 3.08. The lowest BCUT2D eigenvalue weighted by molar-refractivity contribution is -0.143. The van der Waals surface area contributed by atoms with Crippen molar-refractivity contribution in [2.45, 2.75) is 12.8 Å².